The van der Waals surface area contributed by atoms with Crippen molar-refractivity contribution >= 4 is 62.2 Å². The summed E-state index contributed by atoms with van der Waals surface area (Å²) in [6.45, 7) is 0.601. The summed E-state index contributed by atoms with van der Waals surface area (Å²) in [7, 11) is -0.978. The zero-order valence-electron chi connectivity index (χ0n) is 22.1. The molecule has 0 saturated carbocycles. The molecule has 2 amide bonds. The lowest BCUT2D eigenvalue weighted by molar-refractivity contribution is -0.121. The number of methoxy groups -OCH3 is 2. The van der Waals surface area contributed by atoms with E-state index in [1.54, 1.807) is 12.1 Å². The lowest BCUT2D eigenvalue weighted by Crippen LogP contribution is -2.28. The SMILES string of the molecule is COc1cc(OC)c(Cl)c(-c2cc3cnc(N[C@@H]4COC[C@@H]4C=CC(=O)NC=O)nc3c(C(N)S(C)(=O)=O)n2)c1Cl. The van der Waals surface area contributed by atoms with E-state index in [9.17, 15) is 18.0 Å². The van der Waals surface area contributed by atoms with Crippen LogP contribution in [0.15, 0.2) is 30.5 Å². The second-order valence-corrected chi connectivity index (χ2v) is 11.9. The van der Waals surface area contributed by atoms with Gasteiger partial charge in [0.1, 0.15) is 17.0 Å². The maximum absolute atomic E-state index is 12.5. The highest BCUT2D eigenvalue weighted by Gasteiger charge is 2.29. The number of rotatable bonds is 10. The Hall–Kier alpha value is -3.56. The van der Waals surface area contributed by atoms with Crippen molar-refractivity contribution in [3.63, 3.8) is 0 Å². The average Bonchev–Trinajstić information content (AvgIpc) is 3.37. The fraction of sp³-hybridized carbons (Fsp3) is 0.320. The van der Waals surface area contributed by atoms with Crippen LogP contribution in [0, 0.1) is 5.92 Å². The Bertz CT molecular complexity index is 1610. The van der Waals surface area contributed by atoms with Crippen LogP contribution in [-0.2, 0) is 24.2 Å². The molecular formula is C25H26Cl2N6O7S. The number of ether oxygens (including phenoxy) is 3. The Morgan fingerprint density at radius 3 is 2.46 bits per heavy atom. The number of hydrogen-bond acceptors (Lipinski definition) is 12. The molecule has 0 aliphatic carbocycles. The van der Waals surface area contributed by atoms with Gasteiger partial charge >= 0.3 is 0 Å². The van der Waals surface area contributed by atoms with Gasteiger partial charge in [-0.25, -0.2) is 23.4 Å². The average molecular weight is 625 g/mol. The third-order valence-corrected chi connectivity index (χ3v) is 8.18. The summed E-state index contributed by atoms with van der Waals surface area (Å²) in [5, 5.41) is 4.30. The van der Waals surface area contributed by atoms with Gasteiger partial charge in [0.05, 0.1) is 54.9 Å². The predicted octanol–water partition coefficient (Wildman–Crippen LogP) is 2.27. The number of amides is 2. The highest BCUT2D eigenvalue weighted by atomic mass is 35.5. The summed E-state index contributed by atoms with van der Waals surface area (Å²) < 4.78 is 41.3. The maximum atomic E-state index is 12.5. The first kappa shape index (κ1) is 30.4. The third-order valence-electron chi connectivity index (χ3n) is 6.29. The maximum Gasteiger partial charge on any atom is 0.250 e. The number of nitrogens with two attached hydrogens (primary N) is 1. The van der Waals surface area contributed by atoms with Crippen molar-refractivity contribution in [1.82, 2.24) is 20.3 Å². The summed E-state index contributed by atoms with van der Waals surface area (Å²) in [5.41, 5.74) is 6.74. The summed E-state index contributed by atoms with van der Waals surface area (Å²) in [6, 6.07) is 2.79. The van der Waals surface area contributed by atoms with Crippen LogP contribution in [0.25, 0.3) is 22.2 Å². The van der Waals surface area contributed by atoms with Gasteiger partial charge in [0.25, 0.3) is 0 Å². The van der Waals surface area contributed by atoms with E-state index in [4.69, 9.17) is 43.1 Å². The topological polar surface area (TPSA) is 185 Å². The quantitative estimate of drug-likeness (QED) is 0.221. The van der Waals surface area contributed by atoms with E-state index >= 15 is 0 Å². The molecule has 16 heteroatoms. The van der Waals surface area contributed by atoms with Crippen molar-refractivity contribution in [3.8, 4) is 22.8 Å². The fourth-order valence-electron chi connectivity index (χ4n) is 4.17. The second-order valence-electron chi connectivity index (χ2n) is 9.00. The monoisotopic (exact) mass is 624 g/mol. The molecule has 0 radical (unpaired) electrons. The third kappa shape index (κ3) is 6.52. The lowest BCUT2D eigenvalue weighted by atomic mass is 10.0. The number of benzene rings is 1. The molecule has 41 heavy (non-hydrogen) atoms. The smallest absolute Gasteiger partial charge is 0.250 e. The van der Waals surface area contributed by atoms with Crippen molar-refractivity contribution in [2.75, 3.05) is 39.0 Å². The number of nitrogens with zero attached hydrogens (tertiary/aromatic N) is 3. The molecule has 1 aromatic carbocycles. The van der Waals surface area contributed by atoms with E-state index in [1.165, 1.54) is 32.6 Å². The normalized spacial score (nSPS) is 17.9. The van der Waals surface area contributed by atoms with Crippen LogP contribution in [0.3, 0.4) is 0 Å². The molecule has 4 rings (SSSR count). The van der Waals surface area contributed by atoms with Gasteiger partial charge in [-0.1, -0.05) is 29.3 Å². The molecule has 0 bridgehead atoms. The predicted molar refractivity (Wildman–Crippen MR) is 153 cm³/mol. The number of carbonyl (C=O) groups is 2. The molecule has 1 unspecified atom stereocenters. The first-order valence-corrected chi connectivity index (χ1v) is 14.7. The van der Waals surface area contributed by atoms with Gasteiger partial charge in [0.15, 0.2) is 15.2 Å². The standard InChI is InChI=1S/C25H26Cl2N6O7S/c1-38-16-7-17(39-2)21(27)19(20(16)26)14-6-13-8-29-25(33-22(13)23(31-14)24(28)41(3,36)37)32-15-10-40-9-12(15)4-5-18(35)30-11-34/h4-8,11-12,15,24H,9-10,28H2,1-3H3,(H,29,32,33)(H,30,34,35)/t12-,15+,24?/m0/s1. The molecule has 1 aliphatic rings. The van der Waals surface area contributed by atoms with E-state index in [0.717, 1.165) is 6.26 Å². The molecule has 1 aliphatic heterocycles. The molecule has 2 aromatic heterocycles. The summed E-state index contributed by atoms with van der Waals surface area (Å²) >= 11 is 13.2. The van der Waals surface area contributed by atoms with Gasteiger partial charge in [0, 0.05) is 35.4 Å². The van der Waals surface area contributed by atoms with Gasteiger partial charge in [-0.15, -0.1) is 0 Å². The number of fused-ring (bicyclic) bond motifs is 1. The Morgan fingerprint density at radius 1 is 1.17 bits per heavy atom. The molecule has 1 saturated heterocycles. The van der Waals surface area contributed by atoms with Crippen molar-refractivity contribution < 1.29 is 32.2 Å². The van der Waals surface area contributed by atoms with Crippen LogP contribution in [0.1, 0.15) is 11.1 Å². The van der Waals surface area contributed by atoms with Crippen molar-refractivity contribution in [3.05, 3.63) is 46.2 Å². The number of imide groups is 1. The van der Waals surface area contributed by atoms with E-state index in [-0.39, 0.29) is 68.5 Å². The zero-order chi connectivity index (χ0) is 29.9. The number of halogens is 2. The molecule has 13 nitrogen and oxygen atoms in total. The van der Waals surface area contributed by atoms with E-state index in [2.05, 4.69) is 20.3 Å². The fourth-order valence-corrected chi connectivity index (χ4v) is 5.43. The Labute approximate surface area is 245 Å². The number of sulfone groups is 1. The minimum absolute atomic E-state index is 0.0518. The molecule has 0 spiro atoms. The van der Waals surface area contributed by atoms with Gasteiger partial charge < -0.3 is 25.3 Å². The van der Waals surface area contributed by atoms with Gasteiger partial charge in [-0.2, -0.15) is 0 Å². The van der Waals surface area contributed by atoms with Crippen molar-refractivity contribution in [2.24, 2.45) is 11.7 Å². The van der Waals surface area contributed by atoms with Crippen LogP contribution in [-0.4, -0.2) is 75.4 Å². The Kier molecular flexibility index (Phi) is 9.29. The number of anilines is 1. The highest BCUT2D eigenvalue weighted by molar-refractivity contribution is 7.90. The van der Waals surface area contributed by atoms with E-state index in [0.29, 0.717) is 18.4 Å². The summed E-state index contributed by atoms with van der Waals surface area (Å²) in [4.78, 5) is 35.5. The first-order chi connectivity index (χ1) is 19.5. The molecule has 1 fully saturated rings. The number of nitrogens with one attached hydrogen (secondary N) is 2. The minimum atomic E-state index is -3.83. The Balaban J connectivity index is 1.81. The molecule has 3 atom stereocenters. The van der Waals surface area contributed by atoms with Crippen molar-refractivity contribution in [2.45, 2.75) is 11.4 Å². The van der Waals surface area contributed by atoms with Gasteiger partial charge in [-0.05, 0) is 12.1 Å². The first-order valence-electron chi connectivity index (χ1n) is 12.0. The van der Waals surface area contributed by atoms with Crippen LogP contribution in [0.2, 0.25) is 10.0 Å². The minimum Gasteiger partial charge on any atom is -0.495 e. The summed E-state index contributed by atoms with van der Waals surface area (Å²) in [6.07, 6.45) is 5.61. The van der Waals surface area contributed by atoms with E-state index in [1.807, 2.05) is 5.32 Å². The highest BCUT2D eigenvalue weighted by Crippen LogP contribution is 2.46. The number of carbonyl (C=O) groups excluding carboxylic acids is 2. The van der Waals surface area contributed by atoms with Crippen LogP contribution in [0.4, 0.5) is 5.95 Å². The lowest BCUT2D eigenvalue weighted by Gasteiger charge is -2.19. The number of hydrogen-bond donors (Lipinski definition) is 3. The largest absolute Gasteiger partial charge is 0.495 e. The van der Waals surface area contributed by atoms with Crippen LogP contribution >= 0.6 is 23.2 Å². The number of aromatic nitrogens is 3. The molecular weight excluding hydrogens is 599 g/mol. The second kappa shape index (κ2) is 12.5. The zero-order valence-corrected chi connectivity index (χ0v) is 24.4. The van der Waals surface area contributed by atoms with Crippen molar-refractivity contribution in [1.29, 1.82) is 0 Å². The molecule has 218 valence electrons. The molecule has 3 aromatic rings. The summed E-state index contributed by atoms with van der Waals surface area (Å²) in [5.74, 6) is -0.124. The number of pyridine rings is 1. The van der Waals surface area contributed by atoms with E-state index < -0.39 is 21.1 Å². The molecule has 3 heterocycles. The molecule has 4 N–H and O–H groups in total. The van der Waals surface area contributed by atoms with Crippen LogP contribution < -0.4 is 25.8 Å². The Morgan fingerprint density at radius 2 is 1.85 bits per heavy atom. The van der Waals surface area contributed by atoms with Gasteiger partial charge in [0.2, 0.25) is 18.3 Å². The van der Waals surface area contributed by atoms with Gasteiger partial charge in [-0.3, -0.25) is 14.9 Å². The van der Waals surface area contributed by atoms with Crippen LogP contribution in [0.5, 0.6) is 11.5 Å².